The summed E-state index contributed by atoms with van der Waals surface area (Å²) in [5, 5.41) is 0. The first-order chi connectivity index (χ1) is 8.36. The van der Waals surface area contributed by atoms with Crippen molar-refractivity contribution in [2.75, 3.05) is 16.8 Å². The second kappa shape index (κ2) is 2.97. The molecule has 84 valence electrons. The molecule has 0 saturated carbocycles. The Hall–Kier alpha value is -2.10. The molecule has 0 saturated heterocycles. The molecule has 4 heteroatoms. The predicted molar refractivity (Wildman–Crippen MR) is 66.5 cm³/mol. The molecule has 2 aliphatic heterocycles. The Morgan fingerprint density at radius 3 is 2.76 bits per heavy atom. The zero-order chi connectivity index (χ0) is 11.4. The maximum absolute atomic E-state index is 4.47. The molecule has 0 bridgehead atoms. The minimum Gasteiger partial charge on any atom is -0.335 e. The third-order valence-electron chi connectivity index (χ3n) is 3.62. The van der Waals surface area contributed by atoms with E-state index in [0.29, 0.717) is 6.17 Å². The SMILES string of the molecule is CN1c2nccnc2N2c3ccccc3CC12. The van der Waals surface area contributed by atoms with Crippen LogP contribution in [0.25, 0.3) is 0 Å². The van der Waals surface area contributed by atoms with Gasteiger partial charge in [0, 0.05) is 31.5 Å². The largest absolute Gasteiger partial charge is 0.335 e. The van der Waals surface area contributed by atoms with Gasteiger partial charge in [0.15, 0.2) is 11.6 Å². The monoisotopic (exact) mass is 224 g/mol. The maximum Gasteiger partial charge on any atom is 0.178 e. The summed E-state index contributed by atoms with van der Waals surface area (Å²) in [5.74, 6) is 1.96. The van der Waals surface area contributed by atoms with E-state index in [9.17, 15) is 0 Å². The number of aromatic nitrogens is 2. The minimum atomic E-state index is 0.338. The lowest BCUT2D eigenvalue weighted by Gasteiger charge is -2.22. The van der Waals surface area contributed by atoms with Crippen LogP contribution in [0.3, 0.4) is 0 Å². The molecule has 4 nitrogen and oxygen atoms in total. The van der Waals surface area contributed by atoms with Crippen molar-refractivity contribution in [1.82, 2.24) is 9.97 Å². The molecule has 0 spiro atoms. The van der Waals surface area contributed by atoms with Gasteiger partial charge in [-0.15, -0.1) is 0 Å². The van der Waals surface area contributed by atoms with Crippen LogP contribution in [0.5, 0.6) is 0 Å². The van der Waals surface area contributed by atoms with Crippen molar-refractivity contribution in [1.29, 1.82) is 0 Å². The molecule has 1 unspecified atom stereocenters. The first-order valence-corrected chi connectivity index (χ1v) is 5.77. The van der Waals surface area contributed by atoms with Crippen molar-refractivity contribution in [3.63, 3.8) is 0 Å². The van der Waals surface area contributed by atoms with Gasteiger partial charge < -0.3 is 9.80 Å². The van der Waals surface area contributed by atoms with E-state index < -0.39 is 0 Å². The Morgan fingerprint density at radius 1 is 1.12 bits per heavy atom. The van der Waals surface area contributed by atoms with Gasteiger partial charge in [-0.2, -0.15) is 0 Å². The molecule has 0 amide bonds. The maximum atomic E-state index is 4.47. The molecular formula is C13H12N4. The number of fused-ring (bicyclic) bond motifs is 5. The number of likely N-dealkylation sites (N-methyl/N-ethyl adjacent to an activating group) is 1. The lowest BCUT2D eigenvalue weighted by Crippen LogP contribution is -2.36. The normalized spacial score (nSPS) is 20.2. The standard InChI is InChI=1S/C13H12N4/c1-16-11-8-9-4-2-3-5-10(9)17(11)13-12(16)14-6-7-15-13/h2-7,11H,8H2,1H3. The van der Waals surface area contributed by atoms with Gasteiger partial charge in [0.25, 0.3) is 0 Å². The van der Waals surface area contributed by atoms with E-state index >= 15 is 0 Å². The van der Waals surface area contributed by atoms with Gasteiger partial charge in [0.05, 0.1) is 0 Å². The van der Waals surface area contributed by atoms with Gasteiger partial charge in [0.1, 0.15) is 6.17 Å². The van der Waals surface area contributed by atoms with Crippen LogP contribution in [0.2, 0.25) is 0 Å². The van der Waals surface area contributed by atoms with E-state index in [-0.39, 0.29) is 0 Å². The smallest absolute Gasteiger partial charge is 0.178 e. The minimum absolute atomic E-state index is 0.338. The van der Waals surface area contributed by atoms with E-state index in [2.05, 4.69) is 51.1 Å². The average molecular weight is 224 g/mol. The second-order valence-corrected chi connectivity index (χ2v) is 4.50. The van der Waals surface area contributed by atoms with E-state index in [1.807, 2.05) is 0 Å². The molecule has 1 aromatic heterocycles. The highest BCUT2D eigenvalue weighted by molar-refractivity contribution is 5.81. The Labute approximate surface area is 99.5 Å². The molecule has 2 aromatic rings. The summed E-state index contributed by atoms with van der Waals surface area (Å²) in [6, 6.07) is 8.53. The Bertz CT molecular complexity index is 595. The summed E-state index contributed by atoms with van der Waals surface area (Å²) in [6.45, 7) is 0. The molecular weight excluding hydrogens is 212 g/mol. The molecule has 0 aliphatic carbocycles. The van der Waals surface area contributed by atoms with Crippen LogP contribution in [-0.4, -0.2) is 23.2 Å². The molecule has 0 N–H and O–H groups in total. The third-order valence-corrected chi connectivity index (χ3v) is 3.62. The van der Waals surface area contributed by atoms with Crippen molar-refractivity contribution >= 4 is 17.3 Å². The molecule has 17 heavy (non-hydrogen) atoms. The van der Waals surface area contributed by atoms with E-state index in [1.54, 1.807) is 12.4 Å². The highest BCUT2D eigenvalue weighted by atomic mass is 15.5. The zero-order valence-corrected chi connectivity index (χ0v) is 9.54. The number of para-hydroxylation sites is 1. The van der Waals surface area contributed by atoms with Crippen molar-refractivity contribution in [2.45, 2.75) is 12.6 Å². The number of anilines is 3. The van der Waals surface area contributed by atoms with Crippen LogP contribution >= 0.6 is 0 Å². The average Bonchev–Trinajstić information content (AvgIpc) is 2.88. The van der Waals surface area contributed by atoms with Crippen LogP contribution in [0.1, 0.15) is 5.56 Å². The van der Waals surface area contributed by atoms with Crippen molar-refractivity contribution in [3.05, 3.63) is 42.2 Å². The van der Waals surface area contributed by atoms with Crippen molar-refractivity contribution in [3.8, 4) is 0 Å². The fraction of sp³-hybridized carbons (Fsp3) is 0.231. The van der Waals surface area contributed by atoms with Crippen LogP contribution in [0.15, 0.2) is 36.7 Å². The molecule has 1 atom stereocenters. The van der Waals surface area contributed by atoms with Gasteiger partial charge in [-0.1, -0.05) is 18.2 Å². The third kappa shape index (κ3) is 1.02. The highest BCUT2D eigenvalue weighted by Crippen LogP contribution is 2.46. The lowest BCUT2D eigenvalue weighted by atomic mass is 10.1. The molecule has 2 aliphatic rings. The summed E-state index contributed by atoms with van der Waals surface area (Å²) >= 11 is 0. The summed E-state index contributed by atoms with van der Waals surface area (Å²) < 4.78 is 0. The predicted octanol–water partition coefficient (Wildman–Crippen LogP) is 1.95. The van der Waals surface area contributed by atoms with Crippen LogP contribution < -0.4 is 9.80 Å². The van der Waals surface area contributed by atoms with Gasteiger partial charge in [-0.05, 0) is 11.6 Å². The van der Waals surface area contributed by atoms with Gasteiger partial charge in [-0.25, -0.2) is 9.97 Å². The van der Waals surface area contributed by atoms with E-state index in [0.717, 1.165) is 18.1 Å². The zero-order valence-electron chi connectivity index (χ0n) is 9.54. The van der Waals surface area contributed by atoms with Gasteiger partial charge in [0.2, 0.25) is 0 Å². The van der Waals surface area contributed by atoms with Crippen molar-refractivity contribution < 1.29 is 0 Å². The topological polar surface area (TPSA) is 32.3 Å². The Kier molecular flexibility index (Phi) is 1.57. The summed E-state index contributed by atoms with van der Waals surface area (Å²) in [7, 11) is 2.09. The summed E-state index contributed by atoms with van der Waals surface area (Å²) in [4.78, 5) is 13.4. The molecule has 1 aromatic carbocycles. The lowest BCUT2D eigenvalue weighted by molar-refractivity contribution is 0.698. The van der Waals surface area contributed by atoms with Gasteiger partial charge in [-0.3, -0.25) is 0 Å². The fourth-order valence-corrected chi connectivity index (χ4v) is 2.82. The van der Waals surface area contributed by atoms with Crippen LogP contribution in [0, 0.1) is 0 Å². The number of benzene rings is 1. The molecule has 3 heterocycles. The number of hydrogen-bond acceptors (Lipinski definition) is 4. The second-order valence-electron chi connectivity index (χ2n) is 4.50. The number of hydrogen-bond donors (Lipinski definition) is 0. The molecule has 4 rings (SSSR count). The Balaban J connectivity index is 1.95. The van der Waals surface area contributed by atoms with E-state index in [4.69, 9.17) is 0 Å². The summed E-state index contributed by atoms with van der Waals surface area (Å²) in [6.07, 6.45) is 4.88. The first kappa shape index (κ1) is 8.98. The quantitative estimate of drug-likeness (QED) is 0.684. The van der Waals surface area contributed by atoms with Gasteiger partial charge >= 0.3 is 0 Å². The highest BCUT2D eigenvalue weighted by Gasteiger charge is 2.41. The Morgan fingerprint density at radius 2 is 1.88 bits per heavy atom. The summed E-state index contributed by atoms with van der Waals surface area (Å²) in [5.41, 5.74) is 2.66. The van der Waals surface area contributed by atoms with Crippen molar-refractivity contribution in [2.24, 2.45) is 0 Å². The van der Waals surface area contributed by atoms with Crippen LogP contribution in [-0.2, 0) is 6.42 Å². The van der Waals surface area contributed by atoms with Crippen LogP contribution in [0.4, 0.5) is 17.3 Å². The van der Waals surface area contributed by atoms with E-state index in [1.165, 1.54) is 11.3 Å². The number of nitrogens with zero attached hydrogens (tertiary/aromatic N) is 4. The first-order valence-electron chi connectivity index (χ1n) is 5.77. The fourth-order valence-electron chi connectivity index (χ4n) is 2.82. The molecule has 0 fully saturated rings. The molecule has 0 radical (unpaired) electrons. The number of rotatable bonds is 0.